The highest BCUT2D eigenvalue weighted by molar-refractivity contribution is 5.89. The zero-order chi connectivity index (χ0) is 25.5. The summed E-state index contributed by atoms with van der Waals surface area (Å²) in [5.74, 6) is -0.277. The number of rotatable bonds is 4. The smallest absolute Gasteiger partial charge is 0.256 e. The van der Waals surface area contributed by atoms with Crippen molar-refractivity contribution in [3.8, 4) is 11.3 Å². The van der Waals surface area contributed by atoms with Crippen molar-refractivity contribution in [2.75, 3.05) is 11.5 Å². The summed E-state index contributed by atoms with van der Waals surface area (Å²) in [4.78, 5) is 22.9. The van der Waals surface area contributed by atoms with Gasteiger partial charge in [0.25, 0.3) is 6.43 Å². The van der Waals surface area contributed by atoms with E-state index in [0.717, 1.165) is 19.0 Å². The number of nitrogens with zero attached hydrogens (tertiary/aromatic N) is 6. The molecule has 1 fully saturated rings. The van der Waals surface area contributed by atoms with E-state index in [1.165, 1.54) is 21.6 Å². The van der Waals surface area contributed by atoms with Gasteiger partial charge in [-0.2, -0.15) is 4.98 Å². The molecule has 4 aromatic rings. The minimum Gasteiger partial charge on any atom is -0.382 e. The van der Waals surface area contributed by atoms with Crippen LogP contribution in [0.5, 0.6) is 0 Å². The monoisotopic (exact) mass is 489 g/mol. The van der Waals surface area contributed by atoms with E-state index in [2.05, 4.69) is 32.3 Å². The predicted octanol–water partition coefficient (Wildman–Crippen LogP) is 3.08. The number of alkyl halides is 2. The van der Waals surface area contributed by atoms with Gasteiger partial charge in [0.15, 0.2) is 17.3 Å². The molecule has 5 N–H and O–H groups in total. The third-order valence-electron chi connectivity index (χ3n) is 5.92. The van der Waals surface area contributed by atoms with Crippen molar-refractivity contribution in [3.63, 3.8) is 0 Å². The molecule has 1 saturated carbocycles. The molecule has 0 radical (unpaired) electrons. The first-order valence-corrected chi connectivity index (χ1v) is 11.0. The number of anilines is 2. The number of aryl methyl sites for hydroxylation is 1. The minimum atomic E-state index is -2.57. The van der Waals surface area contributed by atoms with Crippen LogP contribution in [-0.4, -0.2) is 47.0 Å². The molecule has 4 heterocycles. The van der Waals surface area contributed by atoms with Gasteiger partial charge in [0.1, 0.15) is 16.9 Å². The Morgan fingerprint density at radius 1 is 1.23 bits per heavy atom. The molecule has 186 valence electrons. The fourth-order valence-corrected chi connectivity index (χ4v) is 4.21. The molecule has 0 aliphatic heterocycles. The number of imidazole rings is 1. The lowest BCUT2D eigenvalue weighted by molar-refractivity contribution is -0.121. The molecular weight excluding hydrogens is 463 g/mol. The molecule has 35 heavy (non-hydrogen) atoms. The Labute approximate surface area is 198 Å². The lowest BCUT2D eigenvalue weighted by Gasteiger charge is -2.38. The van der Waals surface area contributed by atoms with Crippen LogP contribution < -0.4 is 16.8 Å². The lowest BCUT2D eigenvalue weighted by Crippen LogP contribution is -2.50. The van der Waals surface area contributed by atoms with Gasteiger partial charge >= 0.3 is 0 Å². The van der Waals surface area contributed by atoms with E-state index in [1.54, 1.807) is 19.9 Å². The fraction of sp³-hybridized carbons (Fsp3) is 0.409. The van der Waals surface area contributed by atoms with E-state index >= 15 is 0 Å². The van der Waals surface area contributed by atoms with Gasteiger partial charge in [0.05, 0.1) is 24.0 Å². The van der Waals surface area contributed by atoms with Gasteiger partial charge in [-0.1, -0.05) is 0 Å². The second kappa shape index (κ2) is 9.04. The molecule has 0 atom stereocenters. The molecule has 0 spiro atoms. The predicted molar refractivity (Wildman–Crippen MR) is 125 cm³/mol. The number of halogens is 3. The lowest BCUT2D eigenvalue weighted by atomic mass is 9.78. The molecule has 1 aliphatic rings. The Bertz CT molecular complexity index is 1410. The maximum atomic E-state index is 14.6. The van der Waals surface area contributed by atoms with E-state index in [4.69, 9.17) is 11.5 Å². The average molecular weight is 490 g/mol. The number of nitrogens with two attached hydrogens (primary N) is 2. The van der Waals surface area contributed by atoms with Gasteiger partial charge in [-0.25, -0.2) is 27.7 Å². The van der Waals surface area contributed by atoms with Gasteiger partial charge in [0, 0.05) is 12.5 Å². The summed E-state index contributed by atoms with van der Waals surface area (Å²) in [5.41, 5.74) is 12.6. The van der Waals surface area contributed by atoms with Crippen LogP contribution in [-0.2, 0) is 11.3 Å². The Kier molecular flexibility index (Phi) is 6.26. The normalized spacial score (nSPS) is 14.6. The van der Waals surface area contributed by atoms with Crippen LogP contribution >= 0.6 is 0 Å². The molecule has 0 unspecified atom stereocenters. The Morgan fingerprint density at radius 3 is 2.51 bits per heavy atom. The Hall–Kier alpha value is -3.90. The van der Waals surface area contributed by atoms with Gasteiger partial charge in [-0.3, -0.25) is 4.79 Å². The molecule has 0 saturated heterocycles. The van der Waals surface area contributed by atoms with Crippen molar-refractivity contribution >= 4 is 34.4 Å². The van der Waals surface area contributed by atoms with Crippen molar-refractivity contribution in [2.45, 2.75) is 58.5 Å². The molecule has 1 amide bonds. The molecule has 1 aliphatic carbocycles. The van der Waals surface area contributed by atoms with Crippen LogP contribution in [0.3, 0.4) is 0 Å². The van der Waals surface area contributed by atoms with E-state index < -0.39 is 18.8 Å². The second-order valence-corrected chi connectivity index (χ2v) is 8.80. The molecular formula is C22H26F3N9O. The molecule has 0 aromatic carbocycles. The zero-order valence-corrected chi connectivity index (χ0v) is 19.5. The van der Waals surface area contributed by atoms with Crippen molar-refractivity contribution in [2.24, 2.45) is 0 Å². The van der Waals surface area contributed by atoms with Crippen molar-refractivity contribution < 1.29 is 18.0 Å². The number of nitrogens with one attached hydrogen (secondary N) is 1. The summed E-state index contributed by atoms with van der Waals surface area (Å²) in [7, 11) is 0. The van der Waals surface area contributed by atoms with E-state index in [0.29, 0.717) is 11.3 Å². The number of pyridine rings is 1. The van der Waals surface area contributed by atoms with Gasteiger partial charge in [-0.05, 0) is 45.2 Å². The third kappa shape index (κ3) is 4.84. The second-order valence-electron chi connectivity index (χ2n) is 8.80. The molecule has 13 heteroatoms. The summed E-state index contributed by atoms with van der Waals surface area (Å²) in [6, 6.07) is 3.12. The first-order valence-electron chi connectivity index (χ1n) is 11.0. The highest BCUT2D eigenvalue weighted by Gasteiger charge is 2.31. The number of carbonyl (C=O) groups is 1. The Balaban J connectivity index is 0.000000271. The summed E-state index contributed by atoms with van der Waals surface area (Å²) >= 11 is 0. The zero-order valence-electron chi connectivity index (χ0n) is 19.5. The summed E-state index contributed by atoms with van der Waals surface area (Å²) < 4.78 is 42.7. The van der Waals surface area contributed by atoms with E-state index in [-0.39, 0.29) is 45.6 Å². The highest BCUT2D eigenvalue weighted by atomic mass is 19.3. The van der Waals surface area contributed by atoms with E-state index in [1.807, 2.05) is 0 Å². The number of carbonyl (C=O) groups excluding carboxylic acids is 1. The number of fused-ring (bicyclic) bond motifs is 2. The van der Waals surface area contributed by atoms with Crippen LogP contribution in [0.15, 0.2) is 18.3 Å². The van der Waals surface area contributed by atoms with Crippen molar-refractivity contribution in [1.82, 2.24) is 34.4 Å². The average Bonchev–Trinajstić information content (AvgIpc) is 3.22. The maximum absolute atomic E-state index is 14.6. The molecule has 0 bridgehead atoms. The first kappa shape index (κ1) is 24.2. The van der Waals surface area contributed by atoms with Crippen LogP contribution in [0, 0.1) is 12.7 Å². The van der Waals surface area contributed by atoms with Crippen molar-refractivity contribution in [3.05, 3.63) is 30.0 Å². The topological polar surface area (TPSA) is 142 Å². The number of hydrogen-bond donors (Lipinski definition) is 3. The largest absolute Gasteiger partial charge is 0.382 e. The SMILES string of the molecule is CC(=O)NC1(C)CCC1.Cc1nc2ccc(-c3c(F)cn4nc(N)nc(N)c34)nc2n1CC(F)F. The fourth-order valence-electron chi connectivity index (χ4n) is 4.21. The van der Waals surface area contributed by atoms with Gasteiger partial charge < -0.3 is 21.4 Å². The maximum Gasteiger partial charge on any atom is 0.256 e. The van der Waals surface area contributed by atoms with E-state index in [9.17, 15) is 18.0 Å². The molecule has 4 aromatic heterocycles. The molecule has 10 nitrogen and oxygen atoms in total. The van der Waals surface area contributed by atoms with Crippen LogP contribution in [0.25, 0.3) is 27.9 Å². The number of aromatic nitrogens is 6. The van der Waals surface area contributed by atoms with Gasteiger partial charge in [-0.15, -0.1) is 5.10 Å². The number of hydrogen-bond acceptors (Lipinski definition) is 7. The standard InChI is InChI=1S/C15H13F3N8.C7H13NO/c1-6-21-9-3-2-8(22-14(9)25(6)5-10(17)18)11-7(16)4-26-12(11)13(19)23-15(20)24-26;1-6(9)8-7(2)4-3-5-7/h2-4,10H,5H2,1H3,(H4,19,20,23,24);3-5H2,1-2H3,(H,8,9). The summed E-state index contributed by atoms with van der Waals surface area (Å²) in [6.45, 7) is 4.72. The number of amides is 1. The molecule has 5 rings (SSSR count). The summed E-state index contributed by atoms with van der Waals surface area (Å²) in [5, 5.41) is 6.80. The first-order chi connectivity index (χ1) is 16.5. The highest BCUT2D eigenvalue weighted by Crippen LogP contribution is 2.32. The summed E-state index contributed by atoms with van der Waals surface area (Å²) in [6.07, 6.45) is 2.08. The van der Waals surface area contributed by atoms with Crippen LogP contribution in [0.1, 0.15) is 38.9 Å². The van der Waals surface area contributed by atoms with Crippen LogP contribution in [0.2, 0.25) is 0 Å². The van der Waals surface area contributed by atoms with Gasteiger partial charge in [0.2, 0.25) is 11.9 Å². The third-order valence-corrected chi connectivity index (χ3v) is 5.92. The van der Waals surface area contributed by atoms with Crippen LogP contribution in [0.4, 0.5) is 24.9 Å². The quantitative estimate of drug-likeness (QED) is 0.400. The Morgan fingerprint density at radius 2 is 1.94 bits per heavy atom. The number of nitrogen functional groups attached to an aromatic ring is 2. The minimum absolute atomic E-state index is 0.0180. The van der Waals surface area contributed by atoms with Crippen molar-refractivity contribution in [1.29, 1.82) is 0 Å².